The van der Waals surface area contributed by atoms with Crippen LogP contribution < -0.4 is 19.7 Å². The Hall–Kier alpha value is -3.23. The van der Waals surface area contributed by atoms with E-state index in [1.807, 2.05) is 0 Å². The highest BCUT2D eigenvalue weighted by molar-refractivity contribution is 6.01. The van der Waals surface area contributed by atoms with E-state index in [9.17, 15) is 22.8 Å². The molecule has 2 aromatic rings. The maximum absolute atomic E-state index is 12.5. The molecule has 1 saturated heterocycles. The first-order valence-corrected chi connectivity index (χ1v) is 9.26. The fraction of sp³-hybridized carbons (Fsp3) is 0.333. The van der Waals surface area contributed by atoms with Crippen LogP contribution in [0.1, 0.15) is 12.0 Å². The summed E-state index contributed by atoms with van der Waals surface area (Å²) in [6.07, 6.45) is -4.31. The van der Waals surface area contributed by atoms with Gasteiger partial charge in [0, 0.05) is 19.5 Å². The second-order valence-electron chi connectivity index (χ2n) is 6.84. The highest BCUT2D eigenvalue weighted by atomic mass is 19.4. The molecule has 0 bridgehead atoms. The van der Waals surface area contributed by atoms with Gasteiger partial charge in [0.2, 0.25) is 11.8 Å². The van der Waals surface area contributed by atoms with Crippen molar-refractivity contribution >= 4 is 17.5 Å². The Bertz CT molecular complexity index is 900. The number of hydrogen-bond acceptors (Lipinski definition) is 4. The summed E-state index contributed by atoms with van der Waals surface area (Å²) in [5.74, 6) is -0.281. The van der Waals surface area contributed by atoms with E-state index < -0.39 is 18.7 Å². The highest BCUT2D eigenvalue weighted by Gasteiger charge is 2.36. The maximum Gasteiger partial charge on any atom is 0.422 e. The van der Waals surface area contributed by atoms with Gasteiger partial charge in [0.1, 0.15) is 11.5 Å². The molecular formula is C21H21F3N2O4. The summed E-state index contributed by atoms with van der Waals surface area (Å²) in [6, 6.07) is 13.1. The molecule has 3 rings (SSSR count). The van der Waals surface area contributed by atoms with Crippen LogP contribution in [0.25, 0.3) is 0 Å². The molecule has 0 aliphatic carbocycles. The van der Waals surface area contributed by atoms with Gasteiger partial charge in [0.25, 0.3) is 0 Å². The first-order chi connectivity index (χ1) is 14.3. The van der Waals surface area contributed by atoms with Crippen LogP contribution in [0.3, 0.4) is 0 Å². The molecular weight excluding hydrogens is 401 g/mol. The number of rotatable bonds is 7. The maximum atomic E-state index is 12.5. The number of ether oxygens (including phenoxy) is 2. The Kier molecular flexibility index (Phi) is 6.49. The summed E-state index contributed by atoms with van der Waals surface area (Å²) in [6.45, 7) is -0.922. The SMILES string of the molecule is COc1ccccc1N1CC(C(=O)NCc2ccc(OCC(F)(F)F)cc2)CC1=O. The molecule has 1 aliphatic heterocycles. The van der Waals surface area contributed by atoms with Gasteiger partial charge in [-0.3, -0.25) is 9.59 Å². The summed E-state index contributed by atoms with van der Waals surface area (Å²) >= 11 is 0. The molecule has 30 heavy (non-hydrogen) atoms. The van der Waals surface area contributed by atoms with Crippen LogP contribution in [0.4, 0.5) is 18.9 Å². The molecule has 1 unspecified atom stereocenters. The molecule has 1 N–H and O–H groups in total. The van der Waals surface area contributed by atoms with E-state index in [2.05, 4.69) is 10.1 Å². The molecule has 1 atom stereocenters. The first kappa shape index (κ1) is 21.5. The fourth-order valence-corrected chi connectivity index (χ4v) is 3.17. The molecule has 2 aromatic carbocycles. The quantitative estimate of drug-likeness (QED) is 0.744. The Morgan fingerprint density at radius 1 is 1.17 bits per heavy atom. The van der Waals surface area contributed by atoms with E-state index in [1.165, 1.54) is 24.1 Å². The van der Waals surface area contributed by atoms with Gasteiger partial charge in [-0.25, -0.2) is 0 Å². The van der Waals surface area contributed by atoms with Gasteiger partial charge < -0.3 is 19.7 Å². The Morgan fingerprint density at radius 3 is 2.53 bits per heavy atom. The minimum atomic E-state index is -4.40. The van der Waals surface area contributed by atoms with Crippen LogP contribution >= 0.6 is 0 Å². The molecule has 1 heterocycles. The number of para-hydroxylation sites is 2. The van der Waals surface area contributed by atoms with Gasteiger partial charge >= 0.3 is 6.18 Å². The van der Waals surface area contributed by atoms with E-state index in [1.54, 1.807) is 36.4 Å². The van der Waals surface area contributed by atoms with Crippen LogP contribution in [-0.2, 0) is 16.1 Å². The van der Waals surface area contributed by atoms with E-state index in [0.29, 0.717) is 17.0 Å². The zero-order valence-corrected chi connectivity index (χ0v) is 16.2. The van der Waals surface area contributed by atoms with Crippen LogP contribution in [0, 0.1) is 5.92 Å². The predicted molar refractivity (Wildman–Crippen MR) is 103 cm³/mol. The summed E-state index contributed by atoms with van der Waals surface area (Å²) in [5.41, 5.74) is 1.32. The lowest BCUT2D eigenvalue weighted by molar-refractivity contribution is -0.153. The summed E-state index contributed by atoms with van der Waals surface area (Å²) in [5, 5.41) is 2.77. The number of hydrogen-bond donors (Lipinski definition) is 1. The third-order valence-electron chi connectivity index (χ3n) is 4.66. The van der Waals surface area contributed by atoms with Crippen molar-refractivity contribution in [3.05, 3.63) is 54.1 Å². The van der Waals surface area contributed by atoms with E-state index >= 15 is 0 Å². The average molecular weight is 422 g/mol. The Morgan fingerprint density at radius 2 is 1.87 bits per heavy atom. The van der Waals surface area contributed by atoms with Gasteiger partial charge in [-0.1, -0.05) is 24.3 Å². The van der Waals surface area contributed by atoms with Crippen molar-refractivity contribution in [1.82, 2.24) is 5.32 Å². The van der Waals surface area contributed by atoms with Crippen molar-refractivity contribution in [2.24, 2.45) is 5.92 Å². The average Bonchev–Trinajstić information content (AvgIpc) is 3.12. The number of nitrogens with one attached hydrogen (secondary N) is 1. The van der Waals surface area contributed by atoms with E-state index in [-0.39, 0.29) is 37.1 Å². The Labute approximate surface area is 171 Å². The molecule has 0 radical (unpaired) electrons. The van der Waals surface area contributed by atoms with Gasteiger partial charge in [0.05, 0.1) is 18.7 Å². The van der Waals surface area contributed by atoms with Crippen molar-refractivity contribution in [2.45, 2.75) is 19.1 Å². The van der Waals surface area contributed by atoms with Crippen molar-refractivity contribution < 1.29 is 32.2 Å². The number of amides is 2. The minimum Gasteiger partial charge on any atom is -0.495 e. The molecule has 1 fully saturated rings. The number of halogens is 3. The zero-order chi connectivity index (χ0) is 21.7. The number of methoxy groups -OCH3 is 1. The minimum absolute atomic E-state index is 0.0914. The number of nitrogens with zero attached hydrogens (tertiary/aromatic N) is 1. The number of alkyl halides is 3. The second kappa shape index (κ2) is 9.06. The first-order valence-electron chi connectivity index (χ1n) is 9.26. The van der Waals surface area contributed by atoms with E-state index in [0.717, 1.165) is 0 Å². The van der Waals surface area contributed by atoms with Crippen LogP contribution in [0.5, 0.6) is 11.5 Å². The van der Waals surface area contributed by atoms with Gasteiger partial charge in [0.15, 0.2) is 6.61 Å². The number of carbonyl (C=O) groups is 2. The molecule has 0 spiro atoms. The topological polar surface area (TPSA) is 67.9 Å². The van der Waals surface area contributed by atoms with Gasteiger partial charge in [-0.15, -0.1) is 0 Å². The lowest BCUT2D eigenvalue weighted by Crippen LogP contribution is -2.32. The molecule has 0 aromatic heterocycles. The predicted octanol–water partition coefficient (Wildman–Crippen LogP) is 3.31. The molecule has 9 heteroatoms. The van der Waals surface area contributed by atoms with Crippen LogP contribution in [0.15, 0.2) is 48.5 Å². The summed E-state index contributed by atoms with van der Waals surface area (Å²) in [7, 11) is 1.52. The van der Waals surface area contributed by atoms with E-state index in [4.69, 9.17) is 4.74 Å². The lowest BCUT2D eigenvalue weighted by atomic mass is 10.1. The summed E-state index contributed by atoms with van der Waals surface area (Å²) in [4.78, 5) is 26.4. The number of anilines is 1. The Balaban J connectivity index is 1.54. The van der Waals surface area contributed by atoms with Crippen LogP contribution in [-0.4, -0.2) is 38.3 Å². The van der Waals surface area contributed by atoms with Crippen molar-refractivity contribution in [3.8, 4) is 11.5 Å². The third kappa shape index (κ3) is 5.43. The van der Waals surface area contributed by atoms with Crippen molar-refractivity contribution in [3.63, 3.8) is 0 Å². The van der Waals surface area contributed by atoms with Crippen LogP contribution in [0.2, 0.25) is 0 Å². The smallest absolute Gasteiger partial charge is 0.422 e. The monoisotopic (exact) mass is 422 g/mol. The summed E-state index contributed by atoms with van der Waals surface area (Å²) < 4.78 is 46.5. The molecule has 160 valence electrons. The van der Waals surface area contributed by atoms with Gasteiger partial charge in [-0.2, -0.15) is 13.2 Å². The standard InChI is InChI=1S/C21H21F3N2O4/c1-29-18-5-3-2-4-17(18)26-12-15(10-19(26)27)20(28)25-11-14-6-8-16(9-7-14)30-13-21(22,23)24/h2-9,15H,10-13H2,1H3,(H,25,28). The van der Waals surface area contributed by atoms with Crippen molar-refractivity contribution in [1.29, 1.82) is 0 Å². The molecule has 1 aliphatic rings. The molecule has 2 amide bonds. The largest absolute Gasteiger partial charge is 0.495 e. The second-order valence-corrected chi connectivity index (χ2v) is 6.84. The zero-order valence-electron chi connectivity index (χ0n) is 16.2. The highest BCUT2D eigenvalue weighted by Crippen LogP contribution is 2.32. The molecule has 0 saturated carbocycles. The van der Waals surface area contributed by atoms with Crippen molar-refractivity contribution in [2.75, 3.05) is 25.2 Å². The fourth-order valence-electron chi connectivity index (χ4n) is 3.17. The number of benzene rings is 2. The lowest BCUT2D eigenvalue weighted by Gasteiger charge is -2.19. The van der Waals surface area contributed by atoms with Gasteiger partial charge in [-0.05, 0) is 29.8 Å². The third-order valence-corrected chi connectivity index (χ3v) is 4.66. The molecule has 6 nitrogen and oxygen atoms in total. The number of carbonyl (C=O) groups excluding carboxylic acids is 2. The normalized spacial score (nSPS) is 16.5.